The van der Waals surface area contributed by atoms with E-state index in [0.29, 0.717) is 13.0 Å². The highest BCUT2D eigenvalue weighted by atomic mass is 16.5. The van der Waals surface area contributed by atoms with Crippen LogP contribution >= 0.6 is 0 Å². The van der Waals surface area contributed by atoms with Crippen LogP contribution in [0.4, 0.5) is 5.82 Å². The fraction of sp³-hybridized carbons (Fsp3) is 0.538. The van der Waals surface area contributed by atoms with Crippen molar-refractivity contribution in [2.45, 2.75) is 12.8 Å². The largest absolute Gasteiger partial charge is 0.464 e. The standard InChI is InChI=1S/C13H18N4O4/c1-16-6-4-5-8(12(16)19)11(18)14-10-7-9(13(20)21-3)17(2)15-10/h7-8H,4-6H2,1-3H3,(H,14,15,18). The molecule has 2 amide bonds. The maximum atomic E-state index is 12.2. The van der Waals surface area contributed by atoms with Gasteiger partial charge < -0.3 is 15.0 Å². The van der Waals surface area contributed by atoms with Crippen LogP contribution in [0.5, 0.6) is 0 Å². The number of nitrogens with one attached hydrogen (secondary N) is 1. The number of aryl methyl sites for hydroxylation is 1. The summed E-state index contributed by atoms with van der Waals surface area (Å²) in [6.07, 6.45) is 1.31. The number of nitrogens with zero attached hydrogens (tertiary/aromatic N) is 3. The van der Waals surface area contributed by atoms with Crippen LogP contribution in [0, 0.1) is 5.92 Å². The Morgan fingerprint density at radius 1 is 1.43 bits per heavy atom. The number of esters is 1. The molecule has 1 aromatic rings. The Hall–Kier alpha value is -2.38. The summed E-state index contributed by atoms with van der Waals surface area (Å²) in [6.45, 7) is 0.665. The molecule has 1 aliphatic rings. The summed E-state index contributed by atoms with van der Waals surface area (Å²) in [5, 5.41) is 6.59. The third-order valence-corrected chi connectivity index (χ3v) is 3.50. The molecule has 0 aromatic carbocycles. The zero-order valence-electron chi connectivity index (χ0n) is 12.3. The minimum Gasteiger partial charge on any atom is -0.464 e. The van der Waals surface area contributed by atoms with Crippen LogP contribution in [0.2, 0.25) is 0 Å². The Balaban J connectivity index is 2.09. The van der Waals surface area contributed by atoms with Crippen molar-refractivity contribution >= 4 is 23.6 Å². The van der Waals surface area contributed by atoms with E-state index in [4.69, 9.17) is 0 Å². The SMILES string of the molecule is COC(=O)c1cc(NC(=O)C2CCCN(C)C2=O)nn1C. The molecule has 1 saturated heterocycles. The molecular weight excluding hydrogens is 276 g/mol. The highest BCUT2D eigenvalue weighted by Gasteiger charge is 2.32. The lowest BCUT2D eigenvalue weighted by Gasteiger charge is -2.28. The number of methoxy groups -OCH3 is 1. The number of aromatic nitrogens is 2. The number of carbonyl (C=O) groups is 3. The Bertz CT molecular complexity index is 581. The van der Waals surface area contributed by atoms with Crippen molar-refractivity contribution in [2.24, 2.45) is 13.0 Å². The number of amides is 2. The lowest BCUT2D eigenvalue weighted by Crippen LogP contribution is -2.43. The van der Waals surface area contributed by atoms with Crippen LogP contribution < -0.4 is 5.32 Å². The fourth-order valence-corrected chi connectivity index (χ4v) is 2.31. The molecule has 1 aromatic heterocycles. The second-order valence-electron chi connectivity index (χ2n) is 4.97. The van der Waals surface area contributed by atoms with Crippen LogP contribution in [-0.2, 0) is 21.4 Å². The van der Waals surface area contributed by atoms with E-state index in [1.54, 1.807) is 19.0 Å². The molecule has 1 aliphatic heterocycles. The van der Waals surface area contributed by atoms with Gasteiger partial charge in [0.05, 0.1) is 7.11 Å². The topological polar surface area (TPSA) is 93.5 Å². The summed E-state index contributed by atoms with van der Waals surface area (Å²) < 4.78 is 5.93. The van der Waals surface area contributed by atoms with Crippen molar-refractivity contribution in [2.75, 3.05) is 26.0 Å². The van der Waals surface area contributed by atoms with Crippen LogP contribution in [0.1, 0.15) is 23.3 Å². The number of hydrogen-bond acceptors (Lipinski definition) is 5. The lowest BCUT2D eigenvalue weighted by atomic mass is 9.96. The highest BCUT2D eigenvalue weighted by molar-refractivity contribution is 6.06. The van der Waals surface area contributed by atoms with Gasteiger partial charge in [-0.1, -0.05) is 0 Å². The summed E-state index contributed by atoms with van der Waals surface area (Å²) in [5.41, 5.74) is 0.222. The molecule has 21 heavy (non-hydrogen) atoms. The molecule has 8 nitrogen and oxygen atoms in total. The number of hydrogen-bond donors (Lipinski definition) is 1. The van der Waals surface area contributed by atoms with Crippen molar-refractivity contribution in [1.29, 1.82) is 0 Å². The van der Waals surface area contributed by atoms with Crippen LogP contribution in [0.3, 0.4) is 0 Å². The first-order valence-electron chi connectivity index (χ1n) is 6.62. The molecule has 0 bridgehead atoms. The number of piperidine rings is 1. The predicted molar refractivity (Wildman–Crippen MR) is 73.5 cm³/mol. The van der Waals surface area contributed by atoms with E-state index in [9.17, 15) is 14.4 Å². The van der Waals surface area contributed by atoms with Crippen molar-refractivity contribution in [3.8, 4) is 0 Å². The van der Waals surface area contributed by atoms with Crippen LogP contribution in [-0.4, -0.2) is 53.2 Å². The molecule has 1 N–H and O–H groups in total. The van der Waals surface area contributed by atoms with Crippen molar-refractivity contribution in [1.82, 2.24) is 14.7 Å². The van der Waals surface area contributed by atoms with Gasteiger partial charge in [0.25, 0.3) is 0 Å². The first-order chi connectivity index (χ1) is 9.93. The molecule has 0 saturated carbocycles. The van der Waals surface area contributed by atoms with Crippen molar-refractivity contribution in [3.63, 3.8) is 0 Å². The fourth-order valence-electron chi connectivity index (χ4n) is 2.31. The first-order valence-corrected chi connectivity index (χ1v) is 6.62. The molecule has 1 unspecified atom stereocenters. The van der Waals surface area contributed by atoms with Gasteiger partial charge in [-0.15, -0.1) is 0 Å². The number of carbonyl (C=O) groups excluding carboxylic acids is 3. The third-order valence-electron chi connectivity index (χ3n) is 3.50. The van der Waals surface area contributed by atoms with E-state index in [0.717, 1.165) is 6.42 Å². The molecule has 114 valence electrons. The summed E-state index contributed by atoms with van der Waals surface area (Å²) in [4.78, 5) is 37.1. The first kappa shape index (κ1) is 15.0. The summed E-state index contributed by atoms with van der Waals surface area (Å²) in [6, 6.07) is 1.42. The van der Waals surface area contributed by atoms with E-state index in [1.807, 2.05) is 0 Å². The smallest absolute Gasteiger partial charge is 0.356 e. The van der Waals surface area contributed by atoms with Gasteiger partial charge in [-0.25, -0.2) is 4.79 Å². The summed E-state index contributed by atoms with van der Waals surface area (Å²) in [5.74, 6) is -1.61. The van der Waals surface area contributed by atoms with E-state index in [1.165, 1.54) is 17.9 Å². The van der Waals surface area contributed by atoms with Gasteiger partial charge in [-0.3, -0.25) is 14.3 Å². The molecule has 2 rings (SSSR count). The maximum absolute atomic E-state index is 12.2. The number of ether oxygens (including phenoxy) is 1. The van der Waals surface area contributed by atoms with E-state index in [-0.39, 0.29) is 17.4 Å². The molecule has 0 radical (unpaired) electrons. The van der Waals surface area contributed by atoms with E-state index < -0.39 is 17.8 Å². The van der Waals surface area contributed by atoms with Gasteiger partial charge in [0.15, 0.2) is 5.82 Å². The second-order valence-corrected chi connectivity index (χ2v) is 4.97. The molecule has 0 aliphatic carbocycles. The molecule has 0 spiro atoms. The molecule has 2 heterocycles. The molecule has 8 heteroatoms. The van der Waals surface area contributed by atoms with E-state index >= 15 is 0 Å². The van der Waals surface area contributed by atoms with Gasteiger partial charge in [-0.2, -0.15) is 5.10 Å². The Labute approximate surface area is 122 Å². The van der Waals surface area contributed by atoms with E-state index in [2.05, 4.69) is 15.2 Å². The van der Waals surface area contributed by atoms with Gasteiger partial charge in [0.1, 0.15) is 11.6 Å². The minimum atomic E-state index is -0.702. The quantitative estimate of drug-likeness (QED) is 0.626. The zero-order chi connectivity index (χ0) is 15.6. The molecule has 1 fully saturated rings. The average molecular weight is 294 g/mol. The van der Waals surface area contributed by atoms with Crippen molar-refractivity contribution in [3.05, 3.63) is 11.8 Å². The zero-order valence-corrected chi connectivity index (χ0v) is 12.3. The van der Waals surface area contributed by atoms with Crippen molar-refractivity contribution < 1.29 is 19.1 Å². The summed E-state index contributed by atoms with van der Waals surface area (Å²) >= 11 is 0. The van der Waals surface area contributed by atoms with Gasteiger partial charge >= 0.3 is 5.97 Å². The predicted octanol–water partition coefficient (Wildman–Crippen LogP) is 0.0136. The maximum Gasteiger partial charge on any atom is 0.356 e. The lowest BCUT2D eigenvalue weighted by molar-refractivity contribution is -0.142. The third kappa shape index (κ3) is 3.04. The molecule has 1 atom stereocenters. The minimum absolute atomic E-state index is 0.192. The number of likely N-dealkylation sites (tertiary alicyclic amines) is 1. The van der Waals surface area contributed by atoms with Crippen LogP contribution in [0.25, 0.3) is 0 Å². The Morgan fingerprint density at radius 3 is 2.81 bits per heavy atom. The molecular formula is C13H18N4O4. The normalized spacial score (nSPS) is 18.5. The average Bonchev–Trinajstić information content (AvgIpc) is 2.81. The van der Waals surface area contributed by atoms with Gasteiger partial charge in [-0.05, 0) is 12.8 Å². The second kappa shape index (κ2) is 5.94. The number of anilines is 1. The number of rotatable bonds is 3. The van der Waals surface area contributed by atoms with Gasteiger partial charge in [0, 0.05) is 26.7 Å². The highest BCUT2D eigenvalue weighted by Crippen LogP contribution is 2.19. The Kier molecular flexibility index (Phi) is 4.25. The Morgan fingerprint density at radius 2 is 2.14 bits per heavy atom. The summed E-state index contributed by atoms with van der Waals surface area (Å²) in [7, 11) is 4.52. The monoisotopic (exact) mass is 294 g/mol. The van der Waals surface area contributed by atoms with Gasteiger partial charge in [0.2, 0.25) is 11.8 Å². The van der Waals surface area contributed by atoms with Crippen LogP contribution in [0.15, 0.2) is 6.07 Å².